The molecule has 1 aliphatic heterocycles. The number of aryl methyl sites for hydroxylation is 1. The Hall–Kier alpha value is -2.21. The third-order valence-electron chi connectivity index (χ3n) is 5.04. The molecule has 1 aliphatic rings. The highest BCUT2D eigenvalue weighted by molar-refractivity contribution is 5.72. The molecule has 3 N–H and O–H groups in total. The second-order valence-electron chi connectivity index (χ2n) is 7.19. The van der Waals surface area contributed by atoms with E-state index < -0.39 is 0 Å². The number of rotatable bonds is 6. The van der Waals surface area contributed by atoms with Crippen molar-refractivity contribution in [1.82, 2.24) is 10.2 Å². The van der Waals surface area contributed by atoms with Gasteiger partial charge in [-0.05, 0) is 42.5 Å². The van der Waals surface area contributed by atoms with E-state index in [0.717, 1.165) is 19.4 Å². The molecule has 2 aromatic carbocycles. The van der Waals surface area contributed by atoms with Gasteiger partial charge in [0.1, 0.15) is 0 Å². The Balaban J connectivity index is 0.000000500. The lowest BCUT2D eigenvalue weighted by Gasteiger charge is -2.22. The SMILES string of the molecule is CNC(C)=O.OCC1CC(O)CN1CCCc1ccc(-c2ccccc2)cc1. The van der Waals surface area contributed by atoms with E-state index in [1.54, 1.807) is 7.05 Å². The van der Waals surface area contributed by atoms with Gasteiger partial charge in [-0.2, -0.15) is 0 Å². The molecule has 1 saturated heterocycles. The number of hydrogen-bond donors (Lipinski definition) is 3. The maximum absolute atomic E-state index is 9.70. The smallest absolute Gasteiger partial charge is 0.216 e. The molecule has 3 rings (SSSR count). The monoisotopic (exact) mass is 384 g/mol. The summed E-state index contributed by atoms with van der Waals surface area (Å²) in [6.07, 6.45) is 2.49. The predicted molar refractivity (Wildman–Crippen MR) is 113 cm³/mol. The van der Waals surface area contributed by atoms with Crippen molar-refractivity contribution in [3.8, 4) is 11.1 Å². The lowest BCUT2D eigenvalue weighted by Crippen LogP contribution is -2.33. The van der Waals surface area contributed by atoms with Crippen molar-refractivity contribution in [2.24, 2.45) is 0 Å². The Morgan fingerprint density at radius 3 is 2.29 bits per heavy atom. The number of likely N-dealkylation sites (tertiary alicyclic amines) is 1. The number of β-amino-alcohol motifs (C(OH)–C–C–N with tert-alkyl or cyclic N) is 1. The zero-order chi connectivity index (χ0) is 20.4. The first-order valence-electron chi connectivity index (χ1n) is 9.89. The fourth-order valence-electron chi connectivity index (χ4n) is 3.40. The van der Waals surface area contributed by atoms with E-state index >= 15 is 0 Å². The molecule has 1 heterocycles. The van der Waals surface area contributed by atoms with Crippen molar-refractivity contribution in [2.75, 3.05) is 26.7 Å². The van der Waals surface area contributed by atoms with Gasteiger partial charge in [-0.25, -0.2) is 0 Å². The van der Waals surface area contributed by atoms with E-state index in [-0.39, 0.29) is 24.7 Å². The number of aliphatic hydroxyl groups is 2. The number of carbonyl (C=O) groups is 1. The largest absolute Gasteiger partial charge is 0.395 e. The molecule has 28 heavy (non-hydrogen) atoms. The fraction of sp³-hybridized carbons (Fsp3) is 0.435. The van der Waals surface area contributed by atoms with Crippen LogP contribution in [0.25, 0.3) is 11.1 Å². The maximum Gasteiger partial charge on any atom is 0.216 e. The number of hydrogen-bond acceptors (Lipinski definition) is 4. The summed E-state index contributed by atoms with van der Waals surface area (Å²) in [6, 6.07) is 19.3. The topological polar surface area (TPSA) is 72.8 Å². The maximum atomic E-state index is 9.70. The quantitative estimate of drug-likeness (QED) is 0.715. The Kier molecular flexibility index (Phi) is 9.14. The standard InChI is InChI=1S/C20H25NO2.C3H7NO/c22-15-19-13-20(23)14-21(19)12-4-5-16-8-10-18(11-9-16)17-6-2-1-3-7-17;1-3(5)4-2/h1-3,6-11,19-20,22-23H,4-5,12-15H2;1-2H3,(H,4,5). The minimum Gasteiger partial charge on any atom is -0.395 e. The van der Waals surface area contributed by atoms with Crippen LogP contribution in [0, 0.1) is 0 Å². The molecule has 0 radical (unpaired) electrons. The van der Waals surface area contributed by atoms with Gasteiger partial charge in [0.2, 0.25) is 5.91 Å². The first-order chi connectivity index (χ1) is 13.5. The minimum absolute atomic E-state index is 0.00463. The first-order valence-corrected chi connectivity index (χ1v) is 9.89. The summed E-state index contributed by atoms with van der Waals surface area (Å²) in [5, 5.41) is 21.4. The van der Waals surface area contributed by atoms with Crippen molar-refractivity contribution >= 4 is 5.91 Å². The van der Waals surface area contributed by atoms with Gasteiger partial charge >= 0.3 is 0 Å². The zero-order valence-electron chi connectivity index (χ0n) is 16.8. The summed E-state index contributed by atoms with van der Waals surface area (Å²) in [5.74, 6) is 0.00463. The molecule has 2 aromatic rings. The van der Waals surface area contributed by atoms with Crippen LogP contribution in [0.15, 0.2) is 54.6 Å². The minimum atomic E-state index is -0.280. The average Bonchev–Trinajstić information content (AvgIpc) is 3.09. The zero-order valence-corrected chi connectivity index (χ0v) is 16.8. The van der Waals surface area contributed by atoms with Gasteiger partial charge in [-0.1, -0.05) is 54.6 Å². The van der Waals surface area contributed by atoms with E-state index in [1.165, 1.54) is 23.6 Å². The van der Waals surface area contributed by atoms with Crippen molar-refractivity contribution in [3.63, 3.8) is 0 Å². The van der Waals surface area contributed by atoms with Crippen molar-refractivity contribution in [3.05, 3.63) is 60.2 Å². The lowest BCUT2D eigenvalue weighted by molar-refractivity contribution is -0.118. The predicted octanol–water partition coefficient (Wildman–Crippen LogP) is 2.47. The third kappa shape index (κ3) is 7.08. The number of aliphatic hydroxyl groups excluding tert-OH is 2. The second kappa shape index (κ2) is 11.6. The molecule has 5 heteroatoms. The van der Waals surface area contributed by atoms with E-state index in [1.807, 2.05) is 6.07 Å². The highest BCUT2D eigenvalue weighted by Gasteiger charge is 2.29. The summed E-state index contributed by atoms with van der Waals surface area (Å²) >= 11 is 0. The van der Waals surface area contributed by atoms with Gasteiger partial charge in [-0.3, -0.25) is 9.69 Å². The highest BCUT2D eigenvalue weighted by Crippen LogP contribution is 2.21. The van der Waals surface area contributed by atoms with Crippen LogP contribution in [0.5, 0.6) is 0 Å². The Labute approximate surface area is 168 Å². The molecule has 1 fully saturated rings. The molecule has 5 nitrogen and oxygen atoms in total. The van der Waals surface area contributed by atoms with Crippen LogP contribution in [-0.2, 0) is 11.2 Å². The van der Waals surface area contributed by atoms with Crippen LogP contribution in [0.4, 0.5) is 0 Å². The van der Waals surface area contributed by atoms with Crippen LogP contribution in [-0.4, -0.2) is 59.9 Å². The fourth-order valence-corrected chi connectivity index (χ4v) is 3.40. The Bertz CT molecular complexity index is 704. The molecular weight excluding hydrogens is 352 g/mol. The van der Waals surface area contributed by atoms with E-state index in [0.29, 0.717) is 13.0 Å². The summed E-state index contributed by atoms with van der Waals surface area (Å²) in [4.78, 5) is 11.9. The molecule has 2 unspecified atom stereocenters. The summed E-state index contributed by atoms with van der Waals surface area (Å²) < 4.78 is 0. The second-order valence-corrected chi connectivity index (χ2v) is 7.19. The molecule has 0 bridgehead atoms. The molecule has 0 aromatic heterocycles. The van der Waals surface area contributed by atoms with Gasteiger partial charge in [-0.15, -0.1) is 0 Å². The van der Waals surface area contributed by atoms with Gasteiger partial charge in [0, 0.05) is 26.6 Å². The van der Waals surface area contributed by atoms with Gasteiger partial charge in [0.25, 0.3) is 0 Å². The van der Waals surface area contributed by atoms with Crippen LogP contribution in [0.2, 0.25) is 0 Å². The Morgan fingerprint density at radius 2 is 1.71 bits per heavy atom. The van der Waals surface area contributed by atoms with Gasteiger partial charge < -0.3 is 15.5 Å². The summed E-state index contributed by atoms with van der Waals surface area (Å²) in [7, 11) is 1.60. The normalized spacial score (nSPS) is 19.0. The molecular formula is C23H32N2O3. The van der Waals surface area contributed by atoms with E-state index in [4.69, 9.17) is 0 Å². The van der Waals surface area contributed by atoms with E-state index in [2.05, 4.69) is 58.7 Å². The van der Waals surface area contributed by atoms with Crippen LogP contribution in [0.3, 0.4) is 0 Å². The van der Waals surface area contributed by atoms with Gasteiger partial charge in [0.05, 0.1) is 12.7 Å². The van der Waals surface area contributed by atoms with Crippen molar-refractivity contribution in [1.29, 1.82) is 0 Å². The molecule has 152 valence electrons. The molecule has 0 aliphatic carbocycles. The van der Waals surface area contributed by atoms with Crippen molar-refractivity contribution in [2.45, 2.75) is 38.3 Å². The van der Waals surface area contributed by atoms with Crippen molar-refractivity contribution < 1.29 is 15.0 Å². The van der Waals surface area contributed by atoms with Crippen LogP contribution < -0.4 is 5.32 Å². The molecule has 2 atom stereocenters. The molecule has 0 saturated carbocycles. The average molecular weight is 385 g/mol. The number of nitrogens with one attached hydrogen (secondary N) is 1. The van der Waals surface area contributed by atoms with E-state index in [9.17, 15) is 15.0 Å². The highest BCUT2D eigenvalue weighted by atomic mass is 16.3. The number of amides is 1. The Morgan fingerprint density at radius 1 is 1.11 bits per heavy atom. The number of carbonyl (C=O) groups excluding carboxylic acids is 1. The summed E-state index contributed by atoms with van der Waals surface area (Å²) in [5.41, 5.74) is 3.83. The van der Waals surface area contributed by atoms with Gasteiger partial charge in [0.15, 0.2) is 0 Å². The number of nitrogens with zero attached hydrogens (tertiary/aromatic N) is 1. The lowest BCUT2D eigenvalue weighted by atomic mass is 10.0. The van der Waals surface area contributed by atoms with Crippen LogP contribution in [0.1, 0.15) is 25.3 Å². The van der Waals surface area contributed by atoms with Crippen LogP contribution >= 0.6 is 0 Å². The summed E-state index contributed by atoms with van der Waals surface area (Å²) in [6.45, 7) is 3.24. The molecule has 0 spiro atoms. The third-order valence-corrected chi connectivity index (χ3v) is 5.04. The number of benzene rings is 2. The molecule has 1 amide bonds. The first kappa shape index (κ1) is 22.1.